The van der Waals surface area contributed by atoms with E-state index in [9.17, 15) is 0 Å². The maximum absolute atomic E-state index is 2.44. The molecule has 0 aromatic heterocycles. The summed E-state index contributed by atoms with van der Waals surface area (Å²) in [6.07, 6.45) is 1.36. The molecule has 118 valence electrons. The first-order valence-electron chi connectivity index (χ1n) is 8.56. The monoisotopic (exact) mass is 308 g/mol. The van der Waals surface area contributed by atoms with Gasteiger partial charge in [-0.25, -0.2) is 0 Å². The van der Waals surface area contributed by atoms with Crippen LogP contribution in [0.1, 0.15) is 20.3 Å². The van der Waals surface area contributed by atoms with Gasteiger partial charge in [-0.3, -0.25) is 0 Å². The molecule has 0 unspecified atom stereocenters. The topological polar surface area (TPSA) is 0 Å². The largest absolute Gasteiger partial charge is 0.312 e. The predicted octanol–water partition coefficient (Wildman–Crippen LogP) is 3.49. The molecule has 21 heavy (non-hydrogen) atoms. The van der Waals surface area contributed by atoms with E-state index >= 15 is 0 Å². The molecule has 3 saturated heterocycles. The highest BCUT2D eigenvalue weighted by Gasteiger charge is 2.46. The fourth-order valence-corrected chi connectivity index (χ4v) is 4.33. The lowest BCUT2D eigenvalue weighted by Gasteiger charge is -2.54. The number of benzene rings is 1. The molecule has 0 N–H and O–H groups in total. The number of likely N-dealkylation sites (N-methyl/N-ethyl adjacent to an activating group) is 1. The number of hydrogen-bond acceptors (Lipinski definition) is 1. The van der Waals surface area contributed by atoms with Crippen LogP contribution >= 0.6 is 11.8 Å². The molecule has 4 rings (SSSR count). The lowest BCUT2D eigenvalue weighted by Crippen LogP contribution is -2.73. The highest BCUT2D eigenvalue weighted by molar-refractivity contribution is 7.99. The van der Waals surface area contributed by atoms with Crippen LogP contribution in [0.15, 0.2) is 35.2 Å². The molecule has 0 spiro atoms. The Kier molecular flexibility index (Phi) is 6.15. The molecule has 0 radical (unpaired) electrons. The van der Waals surface area contributed by atoms with E-state index in [1.807, 2.05) is 25.6 Å². The maximum atomic E-state index is 2.44. The van der Waals surface area contributed by atoms with Crippen LogP contribution in [-0.2, 0) is 0 Å². The van der Waals surface area contributed by atoms with E-state index in [2.05, 4.69) is 37.4 Å². The van der Waals surface area contributed by atoms with Crippen molar-refractivity contribution in [1.29, 1.82) is 0 Å². The third-order valence-corrected chi connectivity index (χ3v) is 6.23. The fourth-order valence-electron chi connectivity index (χ4n) is 3.47. The number of hydrogen-bond donors (Lipinski definition) is 0. The molecular weight excluding hydrogens is 276 g/mol. The van der Waals surface area contributed by atoms with Crippen molar-refractivity contribution >= 4 is 11.8 Å². The number of thioether (sulfide) groups is 1. The number of rotatable bonds is 5. The van der Waals surface area contributed by atoms with Gasteiger partial charge in [-0.05, 0) is 12.1 Å². The molecule has 3 aliphatic rings. The normalized spacial score (nSPS) is 30.6. The highest BCUT2D eigenvalue weighted by Crippen LogP contribution is 2.26. The highest BCUT2D eigenvalue weighted by atomic mass is 32.2. The van der Waals surface area contributed by atoms with Gasteiger partial charge in [0, 0.05) is 17.1 Å². The number of piperazine rings is 3. The van der Waals surface area contributed by atoms with Crippen molar-refractivity contribution in [3.8, 4) is 0 Å². The minimum absolute atomic E-state index is 1.27. The first kappa shape index (κ1) is 16.9. The minimum Gasteiger partial charge on any atom is -0.312 e. The van der Waals surface area contributed by atoms with E-state index in [0.717, 1.165) is 0 Å². The second-order valence-corrected chi connectivity index (χ2v) is 7.71. The Hall–Kier alpha value is -0.510. The first-order valence-corrected chi connectivity index (χ1v) is 9.55. The maximum Gasteiger partial charge on any atom is 0.129 e. The summed E-state index contributed by atoms with van der Waals surface area (Å²) < 4.78 is 2.77. The molecular formula is C18H32N2S+2. The average Bonchev–Trinajstić information content (AvgIpc) is 2.56. The fraction of sp³-hybridized carbons (Fsp3) is 0.667. The molecule has 2 nitrogen and oxygen atoms in total. The summed E-state index contributed by atoms with van der Waals surface area (Å²) in [5, 5.41) is 0. The predicted molar refractivity (Wildman–Crippen MR) is 93.6 cm³/mol. The first-order chi connectivity index (χ1) is 10.2. The molecule has 3 heteroatoms. The van der Waals surface area contributed by atoms with Crippen molar-refractivity contribution in [3.05, 3.63) is 30.3 Å². The van der Waals surface area contributed by atoms with E-state index in [4.69, 9.17) is 0 Å². The molecule has 0 atom stereocenters. The minimum atomic E-state index is 1.27. The van der Waals surface area contributed by atoms with Crippen LogP contribution in [0.4, 0.5) is 0 Å². The lowest BCUT2D eigenvalue weighted by molar-refractivity contribution is -1.07. The second-order valence-electron chi connectivity index (χ2n) is 6.54. The van der Waals surface area contributed by atoms with E-state index in [1.54, 1.807) is 0 Å². The van der Waals surface area contributed by atoms with Crippen molar-refractivity contribution in [1.82, 2.24) is 0 Å². The Bertz CT molecular complexity index is 394. The van der Waals surface area contributed by atoms with Gasteiger partial charge >= 0.3 is 0 Å². The number of quaternary nitrogens is 2. The quantitative estimate of drug-likeness (QED) is 0.456. The van der Waals surface area contributed by atoms with Gasteiger partial charge in [-0.1, -0.05) is 32.0 Å². The van der Waals surface area contributed by atoms with Gasteiger partial charge in [-0.15, -0.1) is 11.8 Å². The summed E-state index contributed by atoms with van der Waals surface area (Å²) in [4.78, 5) is 1.42. The molecule has 0 saturated carbocycles. The molecule has 3 heterocycles. The van der Waals surface area contributed by atoms with Gasteiger partial charge in [-0.2, -0.15) is 0 Å². The number of fused-ring (bicyclic) bond motifs is 3. The van der Waals surface area contributed by atoms with E-state index < -0.39 is 0 Å². The Morgan fingerprint density at radius 2 is 1.48 bits per heavy atom. The Morgan fingerprint density at radius 1 is 0.905 bits per heavy atom. The average molecular weight is 309 g/mol. The van der Waals surface area contributed by atoms with Crippen molar-refractivity contribution in [2.24, 2.45) is 0 Å². The van der Waals surface area contributed by atoms with E-state index in [1.165, 1.54) is 71.8 Å². The van der Waals surface area contributed by atoms with E-state index in [-0.39, 0.29) is 0 Å². The molecule has 3 fully saturated rings. The summed E-state index contributed by atoms with van der Waals surface area (Å²) >= 11 is 2.02. The zero-order valence-corrected chi connectivity index (χ0v) is 14.9. The van der Waals surface area contributed by atoms with Crippen LogP contribution < -0.4 is 0 Å². The summed E-state index contributed by atoms with van der Waals surface area (Å²) in [6.45, 7) is 13.9. The number of nitrogens with zero attached hydrogens (tertiary/aromatic N) is 2. The standard InChI is InChI=1S/C16H26N2S.C2H6/c1-17-9-12-18(13-10-17,14-11-17)8-5-15-19-16-6-3-2-4-7-16;1-2/h2-4,6-7H,5,8-15H2,1H3;1-2H3/q+2;. The van der Waals surface area contributed by atoms with Gasteiger partial charge in [0.2, 0.25) is 0 Å². The van der Waals surface area contributed by atoms with Gasteiger partial charge in [0.25, 0.3) is 0 Å². The lowest BCUT2D eigenvalue weighted by atomic mass is 10.1. The zero-order chi connectivity index (χ0) is 15.2. The Morgan fingerprint density at radius 3 is 2.05 bits per heavy atom. The molecule has 2 bridgehead atoms. The third-order valence-electron chi connectivity index (χ3n) is 5.13. The van der Waals surface area contributed by atoms with Gasteiger partial charge in [0.15, 0.2) is 0 Å². The summed E-state index contributed by atoms with van der Waals surface area (Å²) in [7, 11) is 2.44. The smallest absolute Gasteiger partial charge is 0.129 e. The van der Waals surface area contributed by atoms with Crippen LogP contribution in [0, 0.1) is 0 Å². The molecule has 3 aliphatic heterocycles. The molecule has 1 aromatic rings. The molecule has 0 aliphatic carbocycles. The van der Waals surface area contributed by atoms with Crippen LogP contribution in [0.2, 0.25) is 0 Å². The van der Waals surface area contributed by atoms with Crippen molar-refractivity contribution < 1.29 is 8.97 Å². The van der Waals surface area contributed by atoms with Gasteiger partial charge in [0.05, 0.1) is 13.6 Å². The SMILES string of the molecule is CC.C[N+]12CC[N+](CCCSc3ccccc3)(CC1)CC2. The summed E-state index contributed by atoms with van der Waals surface area (Å²) in [6, 6.07) is 10.8. The zero-order valence-electron chi connectivity index (χ0n) is 14.1. The Labute approximate surface area is 135 Å². The van der Waals surface area contributed by atoms with Crippen LogP contribution in [-0.4, -0.2) is 67.6 Å². The van der Waals surface area contributed by atoms with Crippen molar-refractivity contribution in [2.75, 3.05) is 58.6 Å². The van der Waals surface area contributed by atoms with Gasteiger partial charge in [0.1, 0.15) is 39.3 Å². The van der Waals surface area contributed by atoms with Crippen LogP contribution in [0.25, 0.3) is 0 Å². The van der Waals surface area contributed by atoms with Gasteiger partial charge < -0.3 is 8.97 Å². The third kappa shape index (κ3) is 4.48. The van der Waals surface area contributed by atoms with Crippen molar-refractivity contribution in [3.63, 3.8) is 0 Å². The summed E-state index contributed by atoms with van der Waals surface area (Å²) in [5.41, 5.74) is 0. The van der Waals surface area contributed by atoms with Crippen LogP contribution in [0.5, 0.6) is 0 Å². The summed E-state index contributed by atoms with van der Waals surface area (Å²) in [5.74, 6) is 1.27. The molecule has 1 aromatic carbocycles. The molecule has 0 amide bonds. The van der Waals surface area contributed by atoms with Crippen molar-refractivity contribution in [2.45, 2.75) is 25.2 Å². The van der Waals surface area contributed by atoms with Crippen LogP contribution in [0.3, 0.4) is 0 Å². The Balaban J connectivity index is 0.000000774. The van der Waals surface area contributed by atoms with E-state index in [0.29, 0.717) is 0 Å². The second kappa shape index (κ2) is 7.66.